The molecule has 1 saturated heterocycles. The molecule has 24 heavy (non-hydrogen) atoms. The number of aliphatic imine (C=N–C) groups is 1. The van der Waals surface area contributed by atoms with Gasteiger partial charge >= 0.3 is 0 Å². The van der Waals surface area contributed by atoms with Crippen molar-refractivity contribution in [2.24, 2.45) is 4.99 Å². The summed E-state index contributed by atoms with van der Waals surface area (Å²) in [6.45, 7) is 2.93. The van der Waals surface area contributed by atoms with E-state index in [0.29, 0.717) is 18.5 Å². The number of guanidine groups is 1. The maximum absolute atomic E-state index is 5.55. The zero-order chi connectivity index (χ0) is 16.4. The first kappa shape index (κ1) is 15.7. The van der Waals surface area contributed by atoms with Gasteiger partial charge in [-0.05, 0) is 30.7 Å². The number of nitrogens with zero attached hydrogens (tertiary/aromatic N) is 3. The zero-order valence-electron chi connectivity index (χ0n) is 13.9. The molecule has 3 heterocycles. The number of hydrogen-bond donors (Lipinski definition) is 2. The molecule has 4 rings (SSSR count). The highest BCUT2D eigenvalue weighted by atomic mass is 32.1. The lowest BCUT2D eigenvalue weighted by Gasteiger charge is -2.18. The number of oxazole rings is 1. The summed E-state index contributed by atoms with van der Waals surface area (Å²) in [5.41, 5.74) is 0.882. The van der Waals surface area contributed by atoms with Crippen LogP contribution in [0.2, 0.25) is 0 Å². The van der Waals surface area contributed by atoms with Crippen molar-refractivity contribution in [1.29, 1.82) is 0 Å². The summed E-state index contributed by atoms with van der Waals surface area (Å²) in [5.74, 6) is 1.51. The molecular formula is C17H23N5OS. The van der Waals surface area contributed by atoms with Crippen molar-refractivity contribution in [3.05, 3.63) is 29.5 Å². The summed E-state index contributed by atoms with van der Waals surface area (Å²) in [5, 5.41) is 8.88. The molecule has 1 atom stereocenters. The Hall–Kier alpha value is -1.86. The second kappa shape index (κ2) is 6.94. The maximum Gasteiger partial charge on any atom is 0.236 e. The first-order chi connectivity index (χ1) is 11.8. The highest BCUT2D eigenvalue weighted by molar-refractivity contribution is 7.13. The maximum atomic E-state index is 5.55. The van der Waals surface area contributed by atoms with Crippen LogP contribution in [0.5, 0.6) is 0 Å². The van der Waals surface area contributed by atoms with Crippen molar-refractivity contribution in [2.75, 3.05) is 20.1 Å². The first-order valence-electron chi connectivity index (χ1n) is 8.51. The van der Waals surface area contributed by atoms with E-state index in [1.807, 2.05) is 24.6 Å². The predicted octanol–water partition coefficient (Wildman–Crippen LogP) is 2.30. The minimum Gasteiger partial charge on any atom is -0.443 e. The molecule has 0 amide bonds. The molecule has 1 unspecified atom stereocenters. The molecule has 0 bridgehead atoms. The fourth-order valence-electron chi connectivity index (χ4n) is 3.14. The Morgan fingerprint density at radius 2 is 2.38 bits per heavy atom. The van der Waals surface area contributed by atoms with Gasteiger partial charge in [0.15, 0.2) is 5.96 Å². The molecule has 0 spiro atoms. The van der Waals surface area contributed by atoms with Crippen molar-refractivity contribution >= 4 is 17.3 Å². The quantitative estimate of drug-likeness (QED) is 0.643. The fourth-order valence-corrected chi connectivity index (χ4v) is 3.80. The van der Waals surface area contributed by atoms with E-state index in [9.17, 15) is 0 Å². The van der Waals surface area contributed by atoms with Gasteiger partial charge in [0.25, 0.3) is 0 Å². The minimum absolute atomic E-state index is 0.482. The van der Waals surface area contributed by atoms with Crippen LogP contribution in [0.25, 0.3) is 10.8 Å². The van der Waals surface area contributed by atoms with E-state index in [-0.39, 0.29) is 0 Å². The van der Waals surface area contributed by atoms with Crippen molar-refractivity contribution < 1.29 is 4.42 Å². The topological polar surface area (TPSA) is 65.7 Å². The van der Waals surface area contributed by atoms with E-state index in [0.717, 1.165) is 29.1 Å². The largest absolute Gasteiger partial charge is 0.443 e. The first-order valence-corrected chi connectivity index (χ1v) is 9.39. The molecule has 2 aromatic heterocycles. The van der Waals surface area contributed by atoms with E-state index in [2.05, 4.69) is 25.5 Å². The van der Waals surface area contributed by atoms with Gasteiger partial charge in [-0.15, -0.1) is 11.3 Å². The number of likely N-dealkylation sites (tertiary alicyclic amines) is 1. The average molecular weight is 345 g/mol. The van der Waals surface area contributed by atoms with Gasteiger partial charge in [0.1, 0.15) is 6.26 Å². The van der Waals surface area contributed by atoms with Crippen LogP contribution in [0.15, 0.2) is 33.2 Å². The number of aromatic nitrogens is 1. The molecular weight excluding hydrogens is 322 g/mol. The number of hydrogen-bond acceptors (Lipinski definition) is 5. The van der Waals surface area contributed by atoms with Crippen LogP contribution in [0.3, 0.4) is 0 Å². The number of nitrogens with one attached hydrogen (secondary N) is 2. The lowest BCUT2D eigenvalue weighted by Crippen LogP contribution is -2.44. The molecule has 7 heteroatoms. The Kier molecular flexibility index (Phi) is 4.53. The highest BCUT2D eigenvalue weighted by Gasteiger charge is 2.34. The summed E-state index contributed by atoms with van der Waals surface area (Å²) < 4.78 is 5.55. The molecule has 2 N–H and O–H groups in total. The van der Waals surface area contributed by atoms with Crippen LogP contribution in [-0.2, 0) is 6.54 Å². The Bertz CT molecular complexity index is 692. The van der Waals surface area contributed by atoms with E-state index in [1.165, 1.54) is 25.8 Å². The van der Waals surface area contributed by atoms with Crippen LogP contribution in [0, 0.1) is 0 Å². The van der Waals surface area contributed by atoms with Gasteiger partial charge < -0.3 is 15.1 Å². The van der Waals surface area contributed by atoms with Crippen LogP contribution in [0.1, 0.15) is 25.0 Å². The molecule has 128 valence electrons. The van der Waals surface area contributed by atoms with Gasteiger partial charge in [-0.2, -0.15) is 0 Å². The Morgan fingerprint density at radius 3 is 3.12 bits per heavy atom. The zero-order valence-corrected chi connectivity index (χ0v) is 14.7. The molecule has 0 aromatic carbocycles. The second-order valence-corrected chi connectivity index (χ2v) is 7.35. The minimum atomic E-state index is 0.482. The number of rotatable bonds is 5. The third-order valence-electron chi connectivity index (χ3n) is 4.57. The lowest BCUT2D eigenvalue weighted by atomic mass is 10.3. The Morgan fingerprint density at radius 1 is 1.46 bits per heavy atom. The Labute approximate surface area is 146 Å². The van der Waals surface area contributed by atoms with Gasteiger partial charge in [0.05, 0.1) is 17.1 Å². The monoisotopic (exact) mass is 345 g/mol. The van der Waals surface area contributed by atoms with Crippen molar-refractivity contribution in [2.45, 2.75) is 37.9 Å². The average Bonchev–Trinajstić information content (AvgIpc) is 3.02. The number of thiophene rings is 1. The highest BCUT2D eigenvalue weighted by Crippen LogP contribution is 2.29. The normalized spacial score (nSPS) is 22.0. The van der Waals surface area contributed by atoms with Gasteiger partial charge in [0, 0.05) is 32.2 Å². The van der Waals surface area contributed by atoms with Crippen LogP contribution in [0.4, 0.5) is 0 Å². The fraction of sp³-hybridized carbons (Fsp3) is 0.529. The summed E-state index contributed by atoms with van der Waals surface area (Å²) in [7, 11) is 1.81. The van der Waals surface area contributed by atoms with Gasteiger partial charge in [0.2, 0.25) is 5.89 Å². The summed E-state index contributed by atoms with van der Waals surface area (Å²) in [4.78, 5) is 12.5. The third-order valence-corrected chi connectivity index (χ3v) is 5.43. The van der Waals surface area contributed by atoms with E-state index in [1.54, 1.807) is 17.6 Å². The molecule has 2 fully saturated rings. The van der Waals surface area contributed by atoms with Gasteiger partial charge in [-0.3, -0.25) is 9.89 Å². The van der Waals surface area contributed by atoms with Crippen LogP contribution in [-0.4, -0.2) is 48.1 Å². The smallest absolute Gasteiger partial charge is 0.236 e. The van der Waals surface area contributed by atoms with Crippen LogP contribution < -0.4 is 10.6 Å². The van der Waals surface area contributed by atoms with Crippen LogP contribution >= 0.6 is 11.3 Å². The van der Waals surface area contributed by atoms with Crippen molar-refractivity contribution in [3.63, 3.8) is 0 Å². The molecule has 6 nitrogen and oxygen atoms in total. The van der Waals surface area contributed by atoms with E-state index in [4.69, 9.17) is 4.42 Å². The van der Waals surface area contributed by atoms with E-state index < -0.39 is 0 Å². The second-order valence-electron chi connectivity index (χ2n) is 6.40. The van der Waals surface area contributed by atoms with Gasteiger partial charge in [-0.1, -0.05) is 6.07 Å². The molecule has 2 aliphatic rings. The Balaban J connectivity index is 1.28. The van der Waals surface area contributed by atoms with Crippen molar-refractivity contribution in [1.82, 2.24) is 20.5 Å². The molecule has 1 aliphatic carbocycles. The molecule has 1 saturated carbocycles. The summed E-state index contributed by atoms with van der Waals surface area (Å²) in [6, 6.07) is 5.34. The third kappa shape index (κ3) is 3.62. The van der Waals surface area contributed by atoms with Gasteiger partial charge in [-0.25, -0.2) is 4.98 Å². The molecule has 1 aliphatic heterocycles. The SMILES string of the molecule is CN=C(NCc1coc(-c2cccs2)n1)NC1CCN(C2CC2)C1. The summed E-state index contributed by atoms with van der Waals surface area (Å²) >= 11 is 1.63. The molecule has 2 aromatic rings. The van der Waals surface area contributed by atoms with Crippen molar-refractivity contribution in [3.8, 4) is 10.8 Å². The predicted molar refractivity (Wildman–Crippen MR) is 96.2 cm³/mol. The summed E-state index contributed by atoms with van der Waals surface area (Å²) in [6.07, 6.45) is 5.64. The standard InChI is InChI=1S/C17H23N5OS/c1-18-17(21-12-6-7-22(10-12)14-4-5-14)19-9-13-11-23-16(20-13)15-3-2-8-24-15/h2-3,8,11-12,14H,4-7,9-10H2,1H3,(H2,18,19,21). The lowest BCUT2D eigenvalue weighted by molar-refractivity contribution is 0.321. The molecule has 0 radical (unpaired) electrons. The van der Waals surface area contributed by atoms with E-state index >= 15 is 0 Å².